The van der Waals surface area contributed by atoms with Gasteiger partial charge in [0.2, 0.25) is 5.91 Å². The Morgan fingerprint density at radius 2 is 1.92 bits per heavy atom. The van der Waals surface area contributed by atoms with Crippen molar-refractivity contribution in [2.45, 2.75) is 19.0 Å². The number of aromatic amines is 1. The molecule has 2 heterocycles. The number of rotatable bonds is 3. The highest BCUT2D eigenvalue weighted by Crippen LogP contribution is 2.29. The molecule has 0 spiro atoms. The lowest BCUT2D eigenvalue weighted by Gasteiger charge is -2.34. The first-order chi connectivity index (χ1) is 12.6. The Kier molecular flexibility index (Phi) is 3.88. The standard InChI is InChI=1S/C20H19N3O3/c1-26-18-8-4-7-15-14(18)10-16(22-15)20(25)23-11-13-6-3-2-5-12(13)9-17(23)19(21)24/h2-8,10,17,22H,9,11H2,1H3,(H2,21,24). The molecule has 1 aliphatic rings. The van der Waals surface area contributed by atoms with E-state index in [4.69, 9.17) is 10.5 Å². The second-order valence-corrected chi connectivity index (χ2v) is 6.43. The zero-order chi connectivity index (χ0) is 18.3. The molecule has 3 N–H and O–H groups in total. The van der Waals surface area contributed by atoms with E-state index in [1.54, 1.807) is 18.1 Å². The van der Waals surface area contributed by atoms with E-state index in [1.165, 1.54) is 0 Å². The minimum Gasteiger partial charge on any atom is -0.496 e. The molecule has 1 atom stereocenters. The molecule has 2 amide bonds. The van der Waals surface area contributed by atoms with Crippen molar-refractivity contribution in [1.82, 2.24) is 9.88 Å². The van der Waals surface area contributed by atoms with Crippen LogP contribution in [0.3, 0.4) is 0 Å². The van der Waals surface area contributed by atoms with Gasteiger partial charge in [-0.15, -0.1) is 0 Å². The number of fused-ring (bicyclic) bond motifs is 2. The molecule has 1 aromatic heterocycles. The fraction of sp³-hybridized carbons (Fsp3) is 0.200. The van der Waals surface area contributed by atoms with Crippen LogP contribution in [0.15, 0.2) is 48.5 Å². The molecule has 6 heteroatoms. The van der Waals surface area contributed by atoms with Crippen molar-refractivity contribution in [3.05, 3.63) is 65.4 Å². The molecule has 0 bridgehead atoms. The summed E-state index contributed by atoms with van der Waals surface area (Å²) in [6.07, 6.45) is 0.431. The molecule has 0 radical (unpaired) electrons. The molecule has 0 aliphatic carbocycles. The molecule has 0 saturated heterocycles. The van der Waals surface area contributed by atoms with Gasteiger partial charge < -0.3 is 20.4 Å². The molecule has 1 unspecified atom stereocenters. The number of amides is 2. The van der Waals surface area contributed by atoms with Crippen LogP contribution < -0.4 is 10.5 Å². The summed E-state index contributed by atoms with van der Waals surface area (Å²) in [6.45, 7) is 0.356. The van der Waals surface area contributed by atoms with Crippen LogP contribution in [0, 0.1) is 0 Å². The summed E-state index contributed by atoms with van der Waals surface area (Å²) in [6, 6.07) is 14.5. The summed E-state index contributed by atoms with van der Waals surface area (Å²) in [4.78, 5) is 29.8. The fourth-order valence-electron chi connectivity index (χ4n) is 3.57. The highest BCUT2D eigenvalue weighted by atomic mass is 16.5. The summed E-state index contributed by atoms with van der Waals surface area (Å²) in [5.41, 5.74) is 8.90. The molecule has 6 nitrogen and oxygen atoms in total. The van der Waals surface area contributed by atoms with Crippen molar-refractivity contribution in [3.8, 4) is 5.75 Å². The average molecular weight is 349 g/mol. The summed E-state index contributed by atoms with van der Waals surface area (Å²) < 4.78 is 5.35. The monoisotopic (exact) mass is 349 g/mol. The fourth-order valence-corrected chi connectivity index (χ4v) is 3.57. The first-order valence-corrected chi connectivity index (χ1v) is 8.41. The van der Waals surface area contributed by atoms with Crippen LogP contribution in [-0.4, -0.2) is 34.8 Å². The quantitative estimate of drug-likeness (QED) is 0.760. The second-order valence-electron chi connectivity index (χ2n) is 6.43. The Hall–Kier alpha value is -3.28. The van der Waals surface area contributed by atoms with Gasteiger partial charge in [-0.2, -0.15) is 0 Å². The van der Waals surface area contributed by atoms with Crippen molar-refractivity contribution in [3.63, 3.8) is 0 Å². The van der Waals surface area contributed by atoms with Gasteiger partial charge in [-0.25, -0.2) is 0 Å². The molecule has 4 rings (SSSR count). The maximum atomic E-state index is 13.1. The smallest absolute Gasteiger partial charge is 0.271 e. The molecular formula is C20H19N3O3. The molecule has 1 aliphatic heterocycles. The third-order valence-electron chi connectivity index (χ3n) is 4.91. The van der Waals surface area contributed by atoms with E-state index in [1.807, 2.05) is 42.5 Å². The van der Waals surface area contributed by atoms with Crippen molar-refractivity contribution >= 4 is 22.7 Å². The molecule has 132 valence electrons. The molecule has 26 heavy (non-hydrogen) atoms. The van der Waals surface area contributed by atoms with Gasteiger partial charge in [0.25, 0.3) is 5.91 Å². The number of nitrogens with zero attached hydrogens (tertiary/aromatic N) is 1. The van der Waals surface area contributed by atoms with Crippen molar-refractivity contribution in [2.24, 2.45) is 5.73 Å². The second kappa shape index (κ2) is 6.22. The Bertz CT molecular complexity index is 1010. The van der Waals surface area contributed by atoms with Crippen molar-refractivity contribution < 1.29 is 14.3 Å². The lowest BCUT2D eigenvalue weighted by atomic mass is 9.93. The SMILES string of the molecule is COc1cccc2[nH]c(C(=O)N3Cc4ccccc4CC3C(N)=O)cc12. The number of benzene rings is 2. The van der Waals surface area contributed by atoms with Crippen LogP contribution in [0.2, 0.25) is 0 Å². The lowest BCUT2D eigenvalue weighted by molar-refractivity contribution is -0.122. The first-order valence-electron chi connectivity index (χ1n) is 8.41. The number of aromatic nitrogens is 1. The molecule has 3 aromatic rings. The predicted octanol–water partition coefficient (Wildman–Crippen LogP) is 2.23. The van der Waals surface area contributed by atoms with E-state index in [0.29, 0.717) is 24.4 Å². The number of nitrogens with one attached hydrogen (secondary N) is 1. The van der Waals surface area contributed by atoms with Gasteiger partial charge >= 0.3 is 0 Å². The Balaban J connectivity index is 1.73. The zero-order valence-corrected chi connectivity index (χ0v) is 14.4. The predicted molar refractivity (Wildman–Crippen MR) is 97.9 cm³/mol. The van der Waals surface area contributed by atoms with E-state index in [0.717, 1.165) is 22.0 Å². The summed E-state index contributed by atoms with van der Waals surface area (Å²) in [5, 5.41) is 0.825. The summed E-state index contributed by atoms with van der Waals surface area (Å²) in [7, 11) is 1.59. The van der Waals surface area contributed by atoms with Crippen LogP contribution >= 0.6 is 0 Å². The van der Waals surface area contributed by atoms with Gasteiger partial charge in [0.15, 0.2) is 0 Å². The van der Waals surface area contributed by atoms with E-state index in [9.17, 15) is 9.59 Å². The van der Waals surface area contributed by atoms with E-state index in [2.05, 4.69) is 4.98 Å². The zero-order valence-electron chi connectivity index (χ0n) is 14.4. The number of methoxy groups -OCH3 is 1. The molecular weight excluding hydrogens is 330 g/mol. The van der Waals surface area contributed by atoms with E-state index >= 15 is 0 Å². The Labute approximate surface area is 150 Å². The minimum atomic E-state index is -0.661. The van der Waals surface area contributed by atoms with Gasteiger partial charge in [-0.3, -0.25) is 9.59 Å². The van der Waals surface area contributed by atoms with Gasteiger partial charge in [-0.05, 0) is 29.3 Å². The number of carbonyl (C=O) groups excluding carboxylic acids is 2. The normalized spacial score (nSPS) is 16.3. The minimum absolute atomic E-state index is 0.249. The number of nitrogens with two attached hydrogens (primary N) is 1. The summed E-state index contributed by atoms with van der Waals surface area (Å²) >= 11 is 0. The maximum absolute atomic E-state index is 13.1. The number of carbonyl (C=O) groups is 2. The number of hydrogen-bond acceptors (Lipinski definition) is 3. The number of H-pyrrole nitrogens is 1. The Morgan fingerprint density at radius 3 is 2.65 bits per heavy atom. The number of ether oxygens (including phenoxy) is 1. The third kappa shape index (κ3) is 2.60. The molecule has 2 aromatic carbocycles. The number of hydrogen-bond donors (Lipinski definition) is 2. The highest BCUT2D eigenvalue weighted by Gasteiger charge is 2.34. The largest absolute Gasteiger partial charge is 0.496 e. The topological polar surface area (TPSA) is 88.4 Å². The first kappa shape index (κ1) is 16.2. The van der Waals surface area contributed by atoms with Gasteiger partial charge in [0, 0.05) is 23.9 Å². The van der Waals surface area contributed by atoms with Crippen LogP contribution in [-0.2, 0) is 17.8 Å². The third-order valence-corrected chi connectivity index (χ3v) is 4.91. The van der Waals surface area contributed by atoms with Crippen molar-refractivity contribution in [2.75, 3.05) is 7.11 Å². The van der Waals surface area contributed by atoms with Crippen LogP contribution in [0.1, 0.15) is 21.6 Å². The van der Waals surface area contributed by atoms with E-state index < -0.39 is 11.9 Å². The average Bonchev–Trinajstić information content (AvgIpc) is 3.10. The van der Waals surface area contributed by atoms with Crippen molar-refractivity contribution in [1.29, 1.82) is 0 Å². The van der Waals surface area contributed by atoms with Gasteiger partial charge in [0.1, 0.15) is 17.5 Å². The van der Waals surface area contributed by atoms with E-state index in [-0.39, 0.29) is 5.91 Å². The highest BCUT2D eigenvalue weighted by molar-refractivity contribution is 6.01. The van der Waals surface area contributed by atoms with Crippen LogP contribution in [0.25, 0.3) is 10.9 Å². The van der Waals surface area contributed by atoms with Gasteiger partial charge in [0.05, 0.1) is 7.11 Å². The lowest BCUT2D eigenvalue weighted by Crippen LogP contribution is -2.51. The van der Waals surface area contributed by atoms with Gasteiger partial charge in [-0.1, -0.05) is 30.3 Å². The number of primary amides is 1. The van der Waals surface area contributed by atoms with Crippen LogP contribution in [0.4, 0.5) is 0 Å². The summed E-state index contributed by atoms with van der Waals surface area (Å²) in [5.74, 6) is -0.0589. The van der Waals surface area contributed by atoms with Crippen LogP contribution in [0.5, 0.6) is 5.75 Å². The maximum Gasteiger partial charge on any atom is 0.271 e. The molecule has 0 saturated carbocycles. The molecule has 0 fully saturated rings. The Morgan fingerprint density at radius 1 is 1.15 bits per heavy atom.